The number of nitrogens with zero attached hydrogens (tertiary/aromatic N) is 4. The number of carbonyl (C=O) groups is 1. The van der Waals surface area contributed by atoms with Gasteiger partial charge in [-0.3, -0.25) is 9.48 Å². The summed E-state index contributed by atoms with van der Waals surface area (Å²) in [5.41, 5.74) is -0.849. The molecule has 5 nitrogen and oxygen atoms in total. The van der Waals surface area contributed by atoms with E-state index in [4.69, 9.17) is 0 Å². The lowest BCUT2D eigenvalue weighted by atomic mass is 9.83. The van der Waals surface area contributed by atoms with Gasteiger partial charge >= 0.3 is 0 Å². The average molecular weight is 232 g/mol. The first-order valence-electron chi connectivity index (χ1n) is 6.03. The molecular formula is C12H16N4O. The zero-order valence-corrected chi connectivity index (χ0v) is 10.0. The third-order valence-electron chi connectivity index (χ3n) is 3.35. The number of carbonyl (C=O) groups excluding carboxylic acids is 1. The van der Waals surface area contributed by atoms with Crippen molar-refractivity contribution in [3.05, 3.63) is 12.2 Å². The van der Waals surface area contributed by atoms with Crippen LogP contribution in [0.4, 0.5) is 0 Å². The van der Waals surface area contributed by atoms with Crippen molar-refractivity contribution in [1.82, 2.24) is 14.8 Å². The third kappa shape index (κ3) is 2.07. The molecule has 5 heteroatoms. The summed E-state index contributed by atoms with van der Waals surface area (Å²) in [7, 11) is 0. The van der Waals surface area contributed by atoms with Gasteiger partial charge in [0.1, 0.15) is 17.6 Å². The Labute approximate surface area is 100 Å². The van der Waals surface area contributed by atoms with Crippen LogP contribution in [0.3, 0.4) is 0 Å². The Morgan fingerprint density at radius 3 is 3.06 bits per heavy atom. The van der Waals surface area contributed by atoms with E-state index >= 15 is 0 Å². The number of ketones is 1. The lowest BCUT2D eigenvalue weighted by Gasteiger charge is -2.17. The second kappa shape index (κ2) is 4.66. The summed E-state index contributed by atoms with van der Waals surface area (Å²) in [5.74, 6) is 0.815. The number of Topliss-reactive ketones (excluding diaryl/α,β-unsaturated/α-hetero) is 1. The summed E-state index contributed by atoms with van der Waals surface area (Å²) in [5, 5.41) is 13.4. The molecule has 1 heterocycles. The maximum atomic E-state index is 11.8. The number of rotatable bonds is 4. The monoisotopic (exact) mass is 232 g/mol. The minimum absolute atomic E-state index is 0.0612. The van der Waals surface area contributed by atoms with Gasteiger partial charge in [0.05, 0.1) is 6.07 Å². The Balaban J connectivity index is 2.22. The quantitative estimate of drug-likeness (QED) is 0.788. The van der Waals surface area contributed by atoms with Crippen molar-refractivity contribution < 1.29 is 4.79 Å². The summed E-state index contributed by atoms with van der Waals surface area (Å²) in [6, 6.07) is 2.20. The molecule has 1 atom stereocenters. The summed E-state index contributed by atoms with van der Waals surface area (Å²) in [4.78, 5) is 16.0. The fourth-order valence-corrected chi connectivity index (χ4v) is 2.37. The Morgan fingerprint density at radius 2 is 2.47 bits per heavy atom. The topological polar surface area (TPSA) is 71.6 Å². The van der Waals surface area contributed by atoms with Gasteiger partial charge in [-0.05, 0) is 19.3 Å². The lowest BCUT2D eigenvalue weighted by molar-refractivity contribution is -0.123. The van der Waals surface area contributed by atoms with E-state index in [0.29, 0.717) is 19.3 Å². The van der Waals surface area contributed by atoms with E-state index in [0.717, 1.165) is 25.2 Å². The first-order valence-corrected chi connectivity index (χ1v) is 6.03. The predicted molar refractivity (Wildman–Crippen MR) is 60.9 cm³/mol. The molecule has 1 saturated carbocycles. The molecule has 0 radical (unpaired) electrons. The fraction of sp³-hybridized carbons (Fsp3) is 0.667. The SMILES string of the molecule is CCCn1ncnc1CC1(C#N)CCCC1=O. The van der Waals surface area contributed by atoms with Gasteiger partial charge in [0.15, 0.2) is 5.78 Å². The smallest absolute Gasteiger partial charge is 0.153 e. The molecule has 17 heavy (non-hydrogen) atoms. The number of aryl methyl sites for hydroxylation is 1. The molecule has 1 fully saturated rings. The van der Waals surface area contributed by atoms with Crippen LogP contribution in [0.2, 0.25) is 0 Å². The highest BCUT2D eigenvalue weighted by molar-refractivity contribution is 5.89. The molecule has 90 valence electrons. The molecule has 0 bridgehead atoms. The second-order valence-corrected chi connectivity index (χ2v) is 4.55. The highest BCUT2D eigenvalue weighted by atomic mass is 16.1. The van der Waals surface area contributed by atoms with Gasteiger partial charge in [-0.25, -0.2) is 4.98 Å². The van der Waals surface area contributed by atoms with Crippen molar-refractivity contribution in [2.75, 3.05) is 0 Å². The van der Waals surface area contributed by atoms with Crippen molar-refractivity contribution in [2.45, 2.75) is 45.6 Å². The fourth-order valence-electron chi connectivity index (χ4n) is 2.37. The van der Waals surface area contributed by atoms with Crippen LogP contribution in [0.5, 0.6) is 0 Å². The molecule has 0 amide bonds. The summed E-state index contributed by atoms with van der Waals surface area (Å²) in [6.07, 6.45) is 4.85. The van der Waals surface area contributed by atoms with Crippen LogP contribution < -0.4 is 0 Å². The van der Waals surface area contributed by atoms with E-state index in [1.807, 2.05) is 0 Å². The average Bonchev–Trinajstić information content (AvgIpc) is 2.89. The molecule has 1 unspecified atom stereocenters. The highest BCUT2D eigenvalue weighted by Crippen LogP contribution is 2.36. The maximum absolute atomic E-state index is 11.8. The van der Waals surface area contributed by atoms with E-state index in [-0.39, 0.29) is 5.78 Å². The molecule has 1 aliphatic rings. The van der Waals surface area contributed by atoms with Crippen molar-refractivity contribution in [3.63, 3.8) is 0 Å². The zero-order chi connectivity index (χ0) is 12.3. The van der Waals surface area contributed by atoms with E-state index in [1.54, 1.807) is 4.68 Å². The maximum Gasteiger partial charge on any atom is 0.153 e. The molecule has 0 aliphatic heterocycles. The standard InChI is InChI=1S/C12H16N4O/c1-2-6-16-11(14-9-15-16)7-12(8-13)5-3-4-10(12)17/h9H,2-7H2,1H3. The van der Waals surface area contributed by atoms with E-state index in [2.05, 4.69) is 23.1 Å². The number of nitriles is 1. The van der Waals surface area contributed by atoms with Gasteiger partial charge in [0, 0.05) is 19.4 Å². The Bertz CT molecular complexity index is 459. The van der Waals surface area contributed by atoms with Crippen LogP contribution in [0.1, 0.15) is 38.4 Å². The third-order valence-corrected chi connectivity index (χ3v) is 3.35. The van der Waals surface area contributed by atoms with Crippen LogP contribution in [0.15, 0.2) is 6.33 Å². The molecule has 1 aliphatic carbocycles. The van der Waals surface area contributed by atoms with Crippen molar-refractivity contribution in [3.8, 4) is 6.07 Å². The van der Waals surface area contributed by atoms with E-state index in [9.17, 15) is 10.1 Å². The van der Waals surface area contributed by atoms with Gasteiger partial charge in [0.2, 0.25) is 0 Å². The Hall–Kier alpha value is -1.70. The van der Waals surface area contributed by atoms with Crippen molar-refractivity contribution in [1.29, 1.82) is 5.26 Å². The summed E-state index contributed by atoms with van der Waals surface area (Å²) < 4.78 is 1.80. The Kier molecular flexibility index (Phi) is 3.23. The molecular weight excluding hydrogens is 216 g/mol. The van der Waals surface area contributed by atoms with Crippen LogP contribution >= 0.6 is 0 Å². The van der Waals surface area contributed by atoms with Crippen LogP contribution in [-0.4, -0.2) is 20.5 Å². The van der Waals surface area contributed by atoms with Gasteiger partial charge in [-0.2, -0.15) is 10.4 Å². The van der Waals surface area contributed by atoms with Crippen LogP contribution in [0.25, 0.3) is 0 Å². The van der Waals surface area contributed by atoms with Gasteiger partial charge < -0.3 is 0 Å². The van der Waals surface area contributed by atoms with Crippen molar-refractivity contribution >= 4 is 5.78 Å². The van der Waals surface area contributed by atoms with Gasteiger partial charge in [-0.15, -0.1) is 0 Å². The van der Waals surface area contributed by atoms with Crippen molar-refractivity contribution in [2.24, 2.45) is 5.41 Å². The van der Waals surface area contributed by atoms with Crippen LogP contribution in [0, 0.1) is 16.7 Å². The number of aromatic nitrogens is 3. The first kappa shape index (κ1) is 11.8. The molecule has 0 spiro atoms. The molecule has 0 aromatic carbocycles. The molecule has 0 N–H and O–H groups in total. The highest BCUT2D eigenvalue weighted by Gasteiger charge is 2.43. The molecule has 1 aromatic rings. The normalized spacial score (nSPS) is 23.9. The second-order valence-electron chi connectivity index (χ2n) is 4.55. The Morgan fingerprint density at radius 1 is 1.65 bits per heavy atom. The molecule has 1 aromatic heterocycles. The largest absolute Gasteiger partial charge is 0.298 e. The molecule has 0 saturated heterocycles. The minimum Gasteiger partial charge on any atom is -0.298 e. The lowest BCUT2D eigenvalue weighted by Crippen LogP contribution is -2.28. The molecule has 2 rings (SSSR count). The van der Waals surface area contributed by atoms with Gasteiger partial charge in [-0.1, -0.05) is 6.92 Å². The summed E-state index contributed by atoms with van der Waals surface area (Å²) >= 11 is 0. The van der Waals surface area contributed by atoms with Gasteiger partial charge in [0.25, 0.3) is 0 Å². The van der Waals surface area contributed by atoms with E-state index in [1.165, 1.54) is 6.33 Å². The minimum atomic E-state index is -0.849. The predicted octanol–water partition coefficient (Wildman–Crippen LogP) is 1.49. The first-order chi connectivity index (χ1) is 8.22. The summed E-state index contributed by atoms with van der Waals surface area (Å²) in [6.45, 7) is 2.84. The van der Waals surface area contributed by atoms with Crippen LogP contribution in [-0.2, 0) is 17.8 Å². The number of hydrogen-bond donors (Lipinski definition) is 0. The zero-order valence-electron chi connectivity index (χ0n) is 10.0. The van der Waals surface area contributed by atoms with E-state index < -0.39 is 5.41 Å². The number of hydrogen-bond acceptors (Lipinski definition) is 4.